The Kier molecular flexibility index (Phi) is 4.27. The van der Waals surface area contributed by atoms with Gasteiger partial charge in [-0.25, -0.2) is 8.42 Å². The van der Waals surface area contributed by atoms with Gasteiger partial charge < -0.3 is 5.11 Å². The number of benzene rings is 1. The number of nitrogens with zero attached hydrogens (tertiary/aromatic N) is 1. The first-order valence-corrected chi connectivity index (χ1v) is 8.53. The van der Waals surface area contributed by atoms with Gasteiger partial charge in [0.25, 0.3) is 0 Å². The van der Waals surface area contributed by atoms with Crippen molar-refractivity contribution in [1.29, 1.82) is 0 Å². The molecule has 21 heavy (non-hydrogen) atoms. The fourth-order valence-electron chi connectivity index (χ4n) is 3.06. The average molecular weight is 311 g/mol. The third-order valence-electron chi connectivity index (χ3n) is 4.23. The lowest BCUT2D eigenvalue weighted by molar-refractivity contribution is -0.141. The van der Waals surface area contributed by atoms with Crippen LogP contribution in [0.15, 0.2) is 18.2 Å². The molecule has 6 heteroatoms. The van der Waals surface area contributed by atoms with Crippen LogP contribution in [-0.4, -0.2) is 31.8 Å². The van der Waals surface area contributed by atoms with Crippen LogP contribution < -0.4 is 4.31 Å². The van der Waals surface area contributed by atoms with E-state index in [0.29, 0.717) is 24.9 Å². The Hall–Kier alpha value is -1.56. The van der Waals surface area contributed by atoms with E-state index in [0.717, 1.165) is 11.1 Å². The third kappa shape index (κ3) is 2.90. The first kappa shape index (κ1) is 15.8. The van der Waals surface area contributed by atoms with E-state index < -0.39 is 27.2 Å². The number of rotatable bonds is 4. The Morgan fingerprint density at radius 1 is 1.29 bits per heavy atom. The highest BCUT2D eigenvalue weighted by Crippen LogP contribution is 2.35. The van der Waals surface area contributed by atoms with Gasteiger partial charge in [-0.1, -0.05) is 24.1 Å². The summed E-state index contributed by atoms with van der Waals surface area (Å²) >= 11 is 0. The lowest BCUT2D eigenvalue weighted by Crippen LogP contribution is -2.40. The molecule has 1 aromatic carbocycles. The summed E-state index contributed by atoms with van der Waals surface area (Å²) in [6.45, 7) is 3.81. The third-order valence-corrected chi connectivity index (χ3v) is 6.52. The van der Waals surface area contributed by atoms with Gasteiger partial charge in [0.1, 0.15) is 0 Å². The van der Waals surface area contributed by atoms with Gasteiger partial charge in [-0.15, -0.1) is 0 Å². The molecule has 0 bridgehead atoms. The van der Waals surface area contributed by atoms with Gasteiger partial charge in [0.05, 0.1) is 16.9 Å². The van der Waals surface area contributed by atoms with Crippen molar-refractivity contribution >= 4 is 21.7 Å². The van der Waals surface area contributed by atoms with Crippen molar-refractivity contribution in [3.05, 3.63) is 29.3 Å². The van der Waals surface area contributed by atoms with Crippen LogP contribution in [0.5, 0.6) is 0 Å². The van der Waals surface area contributed by atoms with Crippen molar-refractivity contribution in [2.45, 2.75) is 38.4 Å². The van der Waals surface area contributed by atoms with Crippen LogP contribution >= 0.6 is 0 Å². The highest BCUT2D eigenvalue weighted by Gasteiger charge is 2.43. The van der Waals surface area contributed by atoms with E-state index >= 15 is 0 Å². The Balaban J connectivity index is 2.36. The zero-order valence-electron chi connectivity index (χ0n) is 12.5. The smallest absolute Gasteiger partial charge is 0.307 e. The minimum Gasteiger partial charge on any atom is -0.481 e. The van der Waals surface area contributed by atoms with Crippen LogP contribution in [0.4, 0.5) is 5.69 Å². The first-order valence-electron chi connectivity index (χ1n) is 7.03. The van der Waals surface area contributed by atoms with Crippen LogP contribution in [-0.2, 0) is 14.8 Å². The fraction of sp³-hybridized carbons (Fsp3) is 0.533. The van der Waals surface area contributed by atoms with E-state index in [1.165, 1.54) is 11.4 Å². The second-order valence-corrected chi connectivity index (χ2v) is 7.90. The normalized spacial score (nSPS) is 22.2. The summed E-state index contributed by atoms with van der Waals surface area (Å²) in [5, 5.41) is 8.37. The number of carboxylic acid groups (broad SMARTS) is 1. The number of carboxylic acids is 1. The van der Waals surface area contributed by atoms with Gasteiger partial charge >= 0.3 is 5.97 Å². The summed E-state index contributed by atoms with van der Waals surface area (Å²) in [6, 6.07) is 5.55. The maximum Gasteiger partial charge on any atom is 0.307 e. The highest BCUT2D eigenvalue weighted by molar-refractivity contribution is 7.93. The zero-order chi connectivity index (χ0) is 15.8. The van der Waals surface area contributed by atoms with Crippen molar-refractivity contribution in [3.63, 3.8) is 0 Å². The minimum absolute atomic E-state index is 0.411. The Morgan fingerprint density at radius 3 is 2.52 bits per heavy atom. The summed E-state index contributed by atoms with van der Waals surface area (Å²) in [4.78, 5) is 11.2. The van der Waals surface area contributed by atoms with E-state index in [1.54, 1.807) is 6.07 Å². The highest BCUT2D eigenvalue weighted by atomic mass is 32.2. The molecule has 0 aromatic heterocycles. The molecule has 116 valence electrons. The Labute approximate surface area is 125 Å². The predicted molar refractivity (Wildman–Crippen MR) is 82.0 cm³/mol. The van der Waals surface area contributed by atoms with E-state index in [4.69, 9.17) is 0 Å². The van der Waals surface area contributed by atoms with Crippen LogP contribution in [0.25, 0.3) is 0 Å². The standard InChI is InChI=1S/C15H21NO4S/c1-10-7-8-13(11(2)9-10)16(3)21(19,20)14-6-4-5-12(14)15(17)18/h7-9,12,14H,4-6H2,1-3H3,(H,17,18). The van der Waals surface area contributed by atoms with Crippen molar-refractivity contribution in [3.8, 4) is 0 Å². The van der Waals surface area contributed by atoms with E-state index in [-0.39, 0.29) is 0 Å². The molecule has 1 saturated carbocycles. The molecule has 1 N–H and O–H groups in total. The monoisotopic (exact) mass is 311 g/mol. The van der Waals surface area contributed by atoms with Gasteiger partial charge in [0.15, 0.2) is 0 Å². The quantitative estimate of drug-likeness (QED) is 0.926. The van der Waals surface area contributed by atoms with Crippen LogP contribution in [0.2, 0.25) is 0 Å². The minimum atomic E-state index is -3.67. The Bertz CT molecular complexity index is 654. The second-order valence-electron chi connectivity index (χ2n) is 5.72. The summed E-state index contributed by atoms with van der Waals surface area (Å²) in [5.41, 5.74) is 2.54. The molecule has 2 unspecified atom stereocenters. The van der Waals surface area contributed by atoms with Crippen LogP contribution in [0.1, 0.15) is 30.4 Å². The van der Waals surface area contributed by atoms with Gasteiger partial charge in [-0.05, 0) is 38.3 Å². The first-order chi connectivity index (χ1) is 9.75. The second kappa shape index (κ2) is 5.67. The van der Waals surface area contributed by atoms with Gasteiger partial charge in [-0.2, -0.15) is 0 Å². The summed E-state index contributed by atoms with van der Waals surface area (Å²) < 4.78 is 26.7. The molecular formula is C15H21NO4S. The van der Waals surface area contributed by atoms with Crippen molar-refractivity contribution in [2.75, 3.05) is 11.4 Å². The van der Waals surface area contributed by atoms with Crippen molar-refractivity contribution in [1.82, 2.24) is 0 Å². The summed E-state index contributed by atoms with van der Waals surface area (Å²) in [6.07, 6.45) is 1.48. The molecule has 2 rings (SSSR count). The van der Waals surface area contributed by atoms with Gasteiger partial charge in [0.2, 0.25) is 10.0 Å². The van der Waals surface area contributed by atoms with Crippen molar-refractivity contribution in [2.24, 2.45) is 5.92 Å². The number of carbonyl (C=O) groups is 1. The lowest BCUT2D eigenvalue weighted by Gasteiger charge is -2.27. The maximum absolute atomic E-state index is 12.7. The number of hydrogen-bond acceptors (Lipinski definition) is 3. The zero-order valence-corrected chi connectivity index (χ0v) is 13.4. The molecule has 0 spiro atoms. The molecule has 1 aliphatic carbocycles. The average Bonchev–Trinajstić information content (AvgIpc) is 2.88. The van der Waals surface area contributed by atoms with E-state index in [2.05, 4.69) is 0 Å². The number of anilines is 1. The molecule has 0 radical (unpaired) electrons. The number of hydrogen-bond donors (Lipinski definition) is 1. The van der Waals surface area contributed by atoms with Gasteiger partial charge in [0, 0.05) is 7.05 Å². The molecule has 1 aromatic rings. The lowest BCUT2D eigenvalue weighted by atomic mass is 10.1. The molecule has 0 heterocycles. The Morgan fingerprint density at radius 2 is 1.95 bits per heavy atom. The topological polar surface area (TPSA) is 74.7 Å². The molecular weight excluding hydrogens is 290 g/mol. The SMILES string of the molecule is Cc1ccc(N(C)S(=O)(=O)C2CCCC2C(=O)O)c(C)c1. The number of aliphatic carboxylic acids is 1. The molecule has 1 aliphatic rings. The summed E-state index contributed by atoms with van der Waals surface area (Å²) in [7, 11) is -2.16. The van der Waals surface area contributed by atoms with Crippen LogP contribution in [0.3, 0.4) is 0 Å². The molecule has 0 aliphatic heterocycles. The molecule has 2 atom stereocenters. The van der Waals surface area contributed by atoms with Crippen LogP contribution in [0, 0.1) is 19.8 Å². The molecule has 1 fully saturated rings. The fourth-order valence-corrected chi connectivity index (χ4v) is 5.08. The maximum atomic E-state index is 12.7. The largest absolute Gasteiger partial charge is 0.481 e. The molecule has 0 saturated heterocycles. The van der Waals surface area contributed by atoms with Crippen molar-refractivity contribution < 1.29 is 18.3 Å². The van der Waals surface area contributed by atoms with E-state index in [1.807, 2.05) is 26.0 Å². The number of aryl methyl sites for hydroxylation is 2. The van der Waals surface area contributed by atoms with E-state index in [9.17, 15) is 18.3 Å². The summed E-state index contributed by atoms with van der Waals surface area (Å²) in [5.74, 6) is -1.82. The predicted octanol–water partition coefficient (Wildman–Crippen LogP) is 2.32. The molecule has 0 amide bonds. The van der Waals surface area contributed by atoms with Gasteiger partial charge in [-0.3, -0.25) is 9.10 Å². The molecule has 5 nitrogen and oxygen atoms in total. The number of sulfonamides is 1.